The fourth-order valence-corrected chi connectivity index (χ4v) is 5.08. The normalized spacial score (nSPS) is 31.2. The SMILES string of the molecule is CS(=O)(=O)NCCNC1CC23CCCCC2=CN2C=CCCC2=C3O1. The molecule has 0 bridgehead atoms. The number of allylic oxidation sites excluding steroid dienone is 3. The highest BCUT2D eigenvalue weighted by Gasteiger charge is 2.52. The van der Waals surface area contributed by atoms with Crippen LogP contribution >= 0.6 is 0 Å². The first kappa shape index (κ1) is 17.1. The molecule has 138 valence electrons. The van der Waals surface area contributed by atoms with Crippen LogP contribution in [0.5, 0.6) is 0 Å². The van der Waals surface area contributed by atoms with Crippen LogP contribution in [0.1, 0.15) is 44.9 Å². The van der Waals surface area contributed by atoms with Crippen molar-refractivity contribution in [3.8, 4) is 0 Å². The third-order valence-corrected chi connectivity index (χ3v) is 6.42. The molecule has 6 nitrogen and oxygen atoms in total. The molecule has 0 aromatic rings. The summed E-state index contributed by atoms with van der Waals surface area (Å²) >= 11 is 0. The van der Waals surface area contributed by atoms with Crippen LogP contribution in [0, 0.1) is 5.41 Å². The van der Waals surface area contributed by atoms with Crippen molar-refractivity contribution in [3.63, 3.8) is 0 Å². The van der Waals surface area contributed by atoms with E-state index in [1.807, 2.05) is 0 Å². The second-order valence-electron chi connectivity index (χ2n) is 7.48. The lowest BCUT2D eigenvalue weighted by Gasteiger charge is -2.42. The molecule has 2 unspecified atom stereocenters. The van der Waals surface area contributed by atoms with Crippen LogP contribution < -0.4 is 10.0 Å². The third kappa shape index (κ3) is 3.25. The van der Waals surface area contributed by atoms with Gasteiger partial charge in [0.25, 0.3) is 0 Å². The Labute approximate surface area is 150 Å². The van der Waals surface area contributed by atoms with Crippen molar-refractivity contribution in [1.29, 1.82) is 0 Å². The Morgan fingerprint density at radius 3 is 3.04 bits per heavy atom. The third-order valence-electron chi connectivity index (χ3n) is 5.69. The van der Waals surface area contributed by atoms with Gasteiger partial charge in [0.15, 0.2) is 6.23 Å². The van der Waals surface area contributed by atoms with E-state index in [1.54, 1.807) is 0 Å². The zero-order chi connectivity index (χ0) is 17.5. The molecule has 3 heterocycles. The Balaban J connectivity index is 1.51. The second-order valence-corrected chi connectivity index (χ2v) is 9.31. The van der Waals surface area contributed by atoms with Crippen molar-refractivity contribution >= 4 is 10.0 Å². The molecule has 4 rings (SSSR count). The van der Waals surface area contributed by atoms with Crippen molar-refractivity contribution < 1.29 is 13.2 Å². The zero-order valence-electron chi connectivity index (χ0n) is 14.8. The van der Waals surface area contributed by atoms with Crippen LogP contribution in [-0.4, -0.2) is 38.9 Å². The minimum absolute atomic E-state index is 0.0452. The Morgan fingerprint density at radius 1 is 1.32 bits per heavy atom. The number of fused-ring (bicyclic) bond motifs is 1. The first-order valence-corrected chi connectivity index (χ1v) is 11.1. The highest BCUT2D eigenvalue weighted by atomic mass is 32.2. The van der Waals surface area contributed by atoms with E-state index in [0.29, 0.717) is 13.1 Å². The number of nitrogens with one attached hydrogen (secondary N) is 2. The quantitative estimate of drug-likeness (QED) is 0.731. The van der Waals surface area contributed by atoms with Gasteiger partial charge in [0.2, 0.25) is 10.0 Å². The highest BCUT2D eigenvalue weighted by molar-refractivity contribution is 7.88. The van der Waals surface area contributed by atoms with E-state index < -0.39 is 10.0 Å². The van der Waals surface area contributed by atoms with Gasteiger partial charge in [-0.3, -0.25) is 5.32 Å². The van der Waals surface area contributed by atoms with Gasteiger partial charge in [0.1, 0.15) is 5.76 Å². The molecule has 2 fully saturated rings. The predicted octanol–water partition coefficient (Wildman–Crippen LogP) is 2.15. The van der Waals surface area contributed by atoms with Crippen molar-refractivity contribution in [2.45, 2.75) is 51.2 Å². The summed E-state index contributed by atoms with van der Waals surface area (Å²) in [6, 6.07) is 0. The standard InChI is InChI=1S/C18H27N3O3S/c1-25(22,23)20-10-9-19-16-12-18-8-4-2-6-14(18)13-21-11-5-3-7-15(21)17(18)24-16/h5,11,13,16,19-20H,2-4,6-10,12H2,1H3. The Bertz CT molecular complexity index is 741. The zero-order valence-corrected chi connectivity index (χ0v) is 15.6. The summed E-state index contributed by atoms with van der Waals surface area (Å²) in [4.78, 5) is 2.26. The first-order valence-electron chi connectivity index (χ1n) is 9.22. The Morgan fingerprint density at radius 2 is 2.20 bits per heavy atom. The van der Waals surface area contributed by atoms with Crippen molar-refractivity contribution in [2.75, 3.05) is 19.3 Å². The van der Waals surface area contributed by atoms with Crippen molar-refractivity contribution in [1.82, 2.24) is 14.9 Å². The first-order chi connectivity index (χ1) is 12.0. The maximum absolute atomic E-state index is 11.2. The lowest BCUT2D eigenvalue weighted by Crippen LogP contribution is -2.37. The molecule has 25 heavy (non-hydrogen) atoms. The van der Waals surface area contributed by atoms with Gasteiger partial charge >= 0.3 is 0 Å². The topological polar surface area (TPSA) is 70.7 Å². The number of hydrogen-bond acceptors (Lipinski definition) is 5. The fourth-order valence-electron chi connectivity index (χ4n) is 4.60. The molecule has 1 saturated carbocycles. The van der Waals surface area contributed by atoms with Crippen LogP contribution in [0.15, 0.2) is 35.5 Å². The maximum Gasteiger partial charge on any atom is 0.208 e. The lowest BCUT2D eigenvalue weighted by atomic mass is 9.66. The van der Waals surface area contributed by atoms with E-state index in [2.05, 4.69) is 33.4 Å². The minimum Gasteiger partial charge on any atom is -0.477 e. The Kier molecular flexibility index (Phi) is 4.42. The van der Waals surface area contributed by atoms with E-state index in [0.717, 1.165) is 32.1 Å². The average Bonchev–Trinajstić information content (AvgIpc) is 2.94. The summed E-state index contributed by atoms with van der Waals surface area (Å²) in [7, 11) is -3.14. The molecular weight excluding hydrogens is 338 g/mol. The van der Waals surface area contributed by atoms with E-state index >= 15 is 0 Å². The number of rotatable bonds is 5. The van der Waals surface area contributed by atoms with E-state index in [-0.39, 0.29) is 11.6 Å². The number of ether oxygens (including phenoxy) is 1. The number of nitrogens with zero attached hydrogens (tertiary/aromatic N) is 1. The molecule has 1 saturated heterocycles. The monoisotopic (exact) mass is 365 g/mol. The molecule has 7 heteroatoms. The number of sulfonamides is 1. The van der Waals surface area contributed by atoms with Crippen molar-refractivity contribution in [3.05, 3.63) is 35.5 Å². The summed E-state index contributed by atoms with van der Waals surface area (Å²) < 4.78 is 31.3. The van der Waals surface area contributed by atoms with Gasteiger partial charge in [-0.1, -0.05) is 12.5 Å². The van der Waals surface area contributed by atoms with Gasteiger partial charge < -0.3 is 9.64 Å². The number of hydrogen-bond donors (Lipinski definition) is 2. The van der Waals surface area contributed by atoms with Crippen LogP contribution in [0.4, 0.5) is 0 Å². The minimum atomic E-state index is -3.14. The summed E-state index contributed by atoms with van der Waals surface area (Å²) in [5.41, 5.74) is 2.88. The van der Waals surface area contributed by atoms with Gasteiger partial charge in [-0.2, -0.15) is 0 Å². The summed E-state index contributed by atoms with van der Waals surface area (Å²) in [5, 5.41) is 3.39. The van der Waals surface area contributed by atoms with Crippen LogP contribution in [0.3, 0.4) is 0 Å². The van der Waals surface area contributed by atoms with E-state index in [4.69, 9.17) is 4.74 Å². The molecule has 0 amide bonds. The molecule has 4 aliphatic rings. The van der Waals surface area contributed by atoms with Crippen molar-refractivity contribution in [2.24, 2.45) is 5.41 Å². The Hall–Kier alpha value is -1.31. The van der Waals surface area contributed by atoms with Gasteiger partial charge in [0, 0.05) is 31.9 Å². The van der Waals surface area contributed by atoms with E-state index in [1.165, 1.54) is 36.1 Å². The molecule has 1 spiro atoms. The summed E-state index contributed by atoms with van der Waals surface area (Å²) in [6.07, 6.45) is 15.7. The molecule has 2 atom stereocenters. The lowest BCUT2D eigenvalue weighted by molar-refractivity contribution is 0.120. The van der Waals surface area contributed by atoms with Crippen LogP contribution in [0.25, 0.3) is 0 Å². The summed E-state index contributed by atoms with van der Waals surface area (Å²) in [6.45, 7) is 0.953. The van der Waals surface area contributed by atoms with Gasteiger partial charge in [0.05, 0.1) is 17.4 Å². The second kappa shape index (κ2) is 6.45. The predicted molar refractivity (Wildman–Crippen MR) is 96.6 cm³/mol. The van der Waals surface area contributed by atoms with Gasteiger partial charge in [-0.25, -0.2) is 13.1 Å². The fraction of sp³-hybridized carbons (Fsp3) is 0.667. The molecule has 0 aromatic heterocycles. The molecule has 0 aromatic carbocycles. The molecule has 3 aliphatic heterocycles. The van der Waals surface area contributed by atoms with E-state index in [9.17, 15) is 8.42 Å². The molecule has 0 radical (unpaired) electrons. The van der Waals surface area contributed by atoms with Gasteiger partial charge in [-0.05, 0) is 37.7 Å². The van der Waals surface area contributed by atoms with Crippen LogP contribution in [0.2, 0.25) is 0 Å². The molecule has 2 N–H and O–H groups in total. The largest absolute Gasteiger partial charge is 0.477 e. The van der Waals surface area contributed by atoms with Gasteiger partial charge in [-0.15, -0.1) is 0 Å². The molecule has 1 aliphatic carbocycles. The average molecular weight is 365 g/mol. The smallest absolute Gasteiger partial charge is 0.208 e. The molecular formula is C18H27N3O3S. The highest BCUT2D eigenvalue weighted by Crippen LogP contribution is 2.58. The van der Waals surface area contributed by atoms with Crippen LogP contribution in [-0.2, 0) is 14.8 Å². The maximum atomic E-state index is 11.2. The summed E-state index contributed by atoms with van der Waals surface area (Å²) in [5.74, 6) is 1.17.